The largest absolute Gasteiger partial charge is 0.378 e. The van der Waals surface area contributed by atoms with E-state index in [0.717, 1.165) is 41.8 Å². The Labute approximate surface area is 138 Å². The average molecular weight is 372 g/mol. The van der Waals surface area contributed by atoms with Crippen LogP contribution in [0.15, 0.2) is 22.7 Å². The van der Waals surface area contributed by atoms with E-state index in [9.17, 15) is 0 Å². The molecule has 2 heterocycles. The predicted octanol–water partition coefficient (Wildman–Crippen LogP) is 4.54. The Morgan fingerprint density at radius 2 is 2.29 bits per heavy atom. The molecule has 1 unspecified atom stereocenters. The van der Waals surface area contributed by atoms with E-state index in [2.05, 4.69) is 32.6 Å². The Morgan fingerprint density at radius 3 is 3.05 bits per heavy atom. The van der Waals surface area contributed by atoms with Crippen LogP contribution in [0.1, 0.15) is 31.5 Å². The van der Waals surface area contributed by atoms with Crippen molar-refractivity contribution < 1.29 is 4.74 Å². The first kappa shape index (κ1) is 15.3. The van der Waals surface area contributed by atoms with E-state index in [1.54, 1.807) is 0 Å². The van der Waals surface area contributed by atoms with Gasteiger partial charge in [-0.25, -0.2) is 4.98 Å². The van der Waals surface area contributed by atoms with E-state index in [-0.39, 0.29) is 0 Å². The highest BCUT2D eigenvalue weighted by Gasteiger charge is 2.16. The fraction of sp³-hybridized carbons (Fsp3) is 0.562. The summed E-state index contributed by atoms with van der Waals surface area (Å²) >= 11 is 9.48. The second kappa shape index (κ2) is 7.12. The monoisotopic (exact) mass is 370 g/mol. The van der Waals surface area contributed by atoms with Crippen molar-refractivity contribution in [3.8, 4) is 0 Å². The zero-order valence-electron chi connectivity index (χ0n) is 12.0. The zero-order valence-corrected chi connectivity index (χ0v) is 14.4. The molecule has 1 atom stereocenters. The van der Waals surface area contributed by atoms with Gasteiger partial charge in [-0.05, 0) is 43.9 Å². The summed E-state index contributed by atoms with van der Waals surface area (Å²) in [6, 6.07) is 6.24. The summed E-state index contributed by atoms with van der Waals surface area (Å²) in [4.78, 5) is 4.72. The molecule has 5 heteroatoms. The van der Waals surface area contributed by atoms with Crippen LogP contribution >= 0.6 is 27.5 Å². The van der Waals surface area contributed by atoms with E-state index in [1.807, 2.05) is 6.07 Å². The van der Waals surface area contributed by atoms with Crippen molar-refractivity contribution >= 4 is 38.6 Å². The Balaban J connectivity index is 1.83. The maximum absolute atomic E-state index is 5.93. The second-order valence-electron chi connectivity index (χ2n) is 5.53. The van der Waals surface area contributed by atoms with Crippen LogP contribution in [0.5, 0.6) is 0 Å². The van der Waals surface area contributed by atoms with Gasteiger partial charge in [0.25, 0.3) is 0 Å². The molecule has 21 heavy (non-hydrogen) atoms. The van der Waals surface area contributed by atoms with Crippen LogP contribution in [-0.4, -0.2) is 28.1 Å². The summed E-state index contributed by atoms with van der Waals surface area (Å²) in [5, 5.41) is 0. The smallest absolute Gasteiger partial charge is 0.111 e. The van der Waals surface area contributed by atoms with Crippen LogP contribution in [0.3, 0.4) is 0 Å². The highest BCUT2D eigenvalue weighted by atomic mass is 79.9. The third-order valence-corrected chi connectivity index (χ3v) is 4.74. The molecule has 0 saturated carbocycles. The van der Waals surface area contributed by atoms with Crippen molar-refractivity contribution in [2.45, 2.75) is 44.8 Å². The number of imidazole rings is 1. The summed E-state index contributed by atoms with van der Waals surface area (Å²) in [6.07, 6.45) is 5.92. The van der Waals surface area contributed by atoms with E-state index in [0.29, 0.717) is 12.0 Å². The average Bonchev–Trinajstić information content (AvgIpc) is 2.83. The fourth-order valence-corrected chi connectivity index (χ4v) is 3.50. The fourth-order valence-electron chi connectivity index (χ4n) is 2.98. The number of aromatic nitrogens is 2. The molecule has 0 bridgehead atoms. The number of fused-ring (bicyclic) bond motifs is 1. The standard InChI is InChI=1S/C16H20BrClN2O/c17-12-4-5-14-15(11-12)20(16(19-14)6-8-18)9-7-13-3-1-2-10-21-13/h4-5,11,13H,1-3,6-10H2. The molecule has 1 aliphatic rings. The van der Waals surface area contributed by atoms with Gasteiger partial charge in [-0.15, -0.1) is 11.6 Å². The minimum atomic E-state index is 0.396. The van der Waals surface area contributed by atoms with Crippen LogP contribution in [0.4, 0.5) is 0 Å². The van der Waals surface area contributed by atoms with Crippen LogP contribution in [0, 0.1) is 0 Å². The lowest BCUT2D eigenvalue weighted by Gasteiger charge is -2.23. The summed E-state index contributed by atoms with van der Waals surface area (Å²) < 4.78 is 9.23. The molecule has 114 valence electrons. The first-order valence-electron chi connectivity index (χ1n) is 7.60. The van der Waals surface area contributed by atoms with Crippen molar-refractivity contribution in [1.29, 1.82) is 0 Å². The van der Waals surface area contributed by atoms with Crippen LogP contribution in [0.25, 0.3) is 11.0 Å². The Bertz CT molecular complexity index is 608. The number of nitrogens with zero attached hydrogens (tertiary/aromatic N) is 2. The predicted molar refractivity (Wildman–Crippen MR) is 90.1 cm³/mol. The van der Waals surface area contributed by atoms with Crippen LogP contribution in [0.2, 0.25) is 0 Å². The van der Waals surface area contributed by atoms with Crippen LogP contribution in [-0.2, 0) is 17.7 Å². The van der Waals surface area contributed by atoms with Crippen LogP contribution < -0.4 is 0 Å². The number of rotatable bonds is 5. The van der Waals surface area contributed by atoms with E-state index >= 15 is 0 Å². The highest BCUT2D eigenvalue weighted by molar-refractivity contribution is 9.10. The second-order valence-corrected chi connectivity index (χ2v) is 6.82. The molecule has 1 fully saturated rings. The quantitative estimate of drug-likeness (QED) is 0.722. The summed E-state index contributed by atoms with van der Waals surface area (Å²) in [5.41, 5.74) is 2.23. The van der Waals surface area contributed by atoms with Gasteiger partial charge in [-0.2, -0.15) is 0 Å². The molecule has 2 aromatic rings. The minimum absolute atomic E-state index is 0.396. The number of hydrogen-bond acceptors (Lipinski definition) is 2. The Morgan fingerprint density at radius 1 is 1.38 bits per heavy atom. The first-order valence-corrected chi connectivity index (χ1v) is 8.93. The number of hydrogen-bond donors (Lipinski definition) is 0. The number of benzene rings is 1. The van der Waals surface area contributed by atoms with Gasteiger partial charge in [0.1, 0.15) is 5.82 Å². The lowest BCUT2D eigenvalue weighted by molar-refractivity contribution is 0.00887. The van der Waals surface area contributed by atoms with E-state index in [4.69, 9.17) is 21.3 Å². The third-order valence-electron chi connectivity index (χ3n) is 4.06. The van der Waals surface area contributed by atoms with Gasteiger partial charge < -0.3 is 9.30 Å². The van der Waals surface area contributed by atoms with Gasteiger partial charge in [0.2, 0.25) is 0 Å². The minimum Gasteiger partial charge on any atom is -0.378 e. The first-order chi connectivity index (χ1) is 10.3. The Hall–Kier alpha value is -0.580. The van der Waals surface area contributed by atoms with Gasteiger partial charge in [-0.3, -0.25) is 0 Å². The molecule has 1 aromatic heterocycles. The molecule has 0 spiro atoms. The number of ether oxygens (including phenoxy) is 1. The number of alkyl halides is 1. The van der Waals surface area contributed by atoms with Gasteiger partial charge in [-0.1, -0.05) is 15.9 Å². The maximum atomic E-state index is 5.93. The molecular weight excluding hydrogens is 352 g/mol. The van der Waals surface area contributed by atoms with Gasteiger partial charge >= 0.3 is 0 Å². The zero-order chi connectivity index (χ0) is 14.7. The van der Waals surface area contributed by atoms with Crippen molar-refractivity contribution in [2.24, 2.45) is 0 Å². The van der Waals surface area contributed by atoms with Gasteiger partial charge in [0, 0.05) is 29.9 Å². The molecule has 3 nitrogen and oxygen atoms in total. The van der Waals surface area contributed by atoms with Gasteiger partial charge in [0.05, 0.1) is 17.1 Å². The maximum Gasteiger partial charge on any atom is 0.111 e. The molecule has 1 aromatic carbocycles. The lowest BCUT2D eigenvalue weighted by atomic mass is 10.1. The highest BCUT2D eigenvalue weighted by Crippen LogP contribution is 2.23. The number of halogens is 2. The lowest BCUT2D eigenvalue weighted by Crippen LogP contribution is -2.21. The third kappa shape index (κ3) is 3.61. The summed E-state index contributed by atoms with van der Waals surface area (Å²) in [6.45, 7) is 1.86. The van der Waals surface area contributed by atoms with Crippen molar-refractivity contribution in [3.63, 3.8) is 0 Å². The van der Waals surface area contributed by atoms with Crippen molar-refractivity contribution in [1.82, 2.24) is 9.55 Å². The van der Waals surface area contributed by atoms with Crippen molar-refractivity contribution in [2.75, 3.05) is 12.5 Å². The normalized spacial score (nSPS) is 19.2. The van der Waals surface area contributed by atoms with E-state index in [1.165, 1.54) is 24.8 Å². The number of aryl methyl sites for hydroxylation is 2. The molecule has 0 N–H and O–H groups in total. The molecule has 1 saturated heterocycles. The van der Waals surface area contributed by atoms with Crippen molar-refractivity contribution in [3.05, 3.63) is 28.5 Å². The molecule has 0 radical (unpaired) electrons. The van der Waals surface area contributed by atoms with E-state index < -0.39 is 0 Å². The topological polar surface area (TPSA) is 27.1 Å². The molecule has 1 aliphatic heterocycles. The molecule has 3 rings (SSSR count). The van der Waals surface area contributed by atoms with Gasteiger partial charge in [0.15, 0.2) is 0 Å². The molecular formula is C16H20BrClN2O. The SMILES string of the molecule is ClCCc1nc2ccc(Br)cc2n1CCC1CCCCO1. The summed E-state index contributed by atoms with van der Waals surface area (Å²) in [7, 11) is 0. The molecule has 0 amide bonds. The Kier molecular flexibility index (Phi) is 5.19. The molecule has 0 aliphatic carbocycles. The summed E-state index contributed by atoms with van der Waals surface area (Å²) in [5.74, 6) is 1.68.